The Morgan fingerprint density at radius 1 is 1.17 bits per heavy atom. The topological polar surface area (TPSA) is 35.2 Å². The normalized spacial score (nSPS) is 10.4. The Balaban J connectivity index is 2.25. The van der Waals surface area contributed by atoms with Crippen LogP contribution in [0.3, 0.4) is 0 Å². The van der Waals surface area contributed by atoms with Gasteiger partial charge >= 0.3 is 0 Å². The highest BCUT2D eigenvalue weighted by molar-refractivity contribution is 9.10. The van der Waals surface area contributed by atoms with Gasteiger partial charge in [-0.05, 0) is 58.7 Å². The molecule has 2 N–H and O–H groups in total. The van der Waals surface area contributed by atoms with Crippen molar-refractivity contribution < 1.29 is 9.13 Å². The zero-order valence-corrected chi connectivity index (χ0v) is 11.3. The van der Waals surface area contributed by atoms with Gasteiger partial charge in [-0.1, -0.05) is 18.2 Å². The summed E-state index contributed by atoms with van der Waals surface area (Å²) in [7, 11) is 0. The predicted octanol–water partition coefficient (Wildman–Crippen LogP) is 3.88. The highest BCUT2D eigenvalue weighted by Crippen LogP contribution is 2.28. The average molecular weight is 310 g/mol. The van der Waals surface area contributed by atoms with Gasteiger partial charge in [0, 0.05) is 0 Å². The van der Waals surface area contributed by atoms with Crippen LogP contribution in [0.1, 0.15) is 5.56 Å². The molecule has 0 fully saturated rings. The Bertz CT molecular complexity index is 545. The fraction of sp³-hybridized carbons (Fsp3) is 0.143. The van der Waals surface area contributed by atoms with Crippen LogP contribution in [0, 0.1) is 5.82 Å². The first-order valence-corrected chi connectivity index (χ1v) is 6.41. The van der Waals surface area contributed by atoms with Gasteiger partial charge in [0.25, 0.3) is 0 Å². The third kappa shape index (κ3) is 3.09. The number of nitrogens with two attached hydrogens (primary N) is 1. The van der Waals surface area contributed by atoms with Crippen LogP contribution in [0.25, 0.3) is 0 Å². The molecule has 0 aliphatic heterocycles. The molecule has 0 radical (unpaired) electrons. The molecule has 2 aromatic carbocycles. The average Bonchev–Trinajstić information content (AvgIpc) is 2.37. The van der Waals surface area contributed by atoms with Gasteiger partial charge in [-0.2, -0.15) is 0 Å². The molecule has 2 nitrogen and oxygen atoms in total. The van der Waals surface area contributed by atoms with Gasteiger partial charge in [-0.25, -0.2) is 4.39 Å². The van der Waals surface area contributed by atoms with Crippen LogP contribution in [0.4, 0.5) is 4.39 Å². The van der Waals surface area contributed by atoms with Crippen LogP contribution in [0.2, 0.25) is 0 Å². The Hall–Kier alpha value is -1.39. The number of para-hydroxylation sites is 1. The van der Waals surface area contributed by atoms with Crippen molar-refractivity contribution in [1.82, 2.24) is 0 Å². The van der Waals surface area contributed by atoms with Gasteiger partial charge in [0.2, 0.25) is 0 Å². The van der Waals surface area contributed by atoms with E-state index in [1.54, 1.807) is 12.1 Å². The van der Waals surface area contributed by atoms with E-state index in [0.29, 0.717) is 16.8 Å². The Morgan fingerprint density at radius 2 is 1.94 bits per heavy atom. The summed E-state index contributed by atoms with van der Waals surface area (Å²) in [6.45, 7) is 0.563. The van der Waals surface area contributed by atoms with Gasteiger partial charge in [-0.15, -0.1) is 0 Å². The van der Waals surface area contributed by atoms with Crippen LogP contribution in [0.15, 0.2) is 46.9 Å². The maximum Gasteiger partial charge on any atom is 0.137 e. The standard InChI is InChI=1S/C14H13BrFNO/c15-12-9-11(5-6-13(12)16)18-14-4-2-1-3-10(14)7-8-17/h1-6,9H,7-8,17H2. The molecule has 94 valence electrons. The van der Waals surface area contributed by atoms with Crippen molar-refractivity contribution in [3.63, 3.8) is 0 Å². The number of ether oxygens (including phenoxy) is 1. The van der Waals surface area contributed by atoms with Crippen LogP contribution in [-0.4, -0.2) is 6.54 Å². The molecule has 2 aromatic rings. The van der Waals surface area contributed by atoms with Gasteiger partial charge in [0.05, 0.1) is 4.47 Å². The molecular weight excluding hydrogens is 297 g/mol. The summed E-state index contributed by atoms with van der Waals surface area (Å²) in [5, 5.41) is 0. The van der Waals surface area contributed by atoms with E-state index in [-0.39, 0.29) is 5.82 Å². The maximum absolute atomic E-state index is 13.1. The summed E-state index contributed by atoms with van der Waals surface area (Å²) in [4.78, 5) is 0. The highest BCUT2D eigenvalue weighted by Gasteiger charge is 2.06. The molecule has 0 aromatic heterocycles. The lowest BCUT2D eigenvalue weighted by atomic mass is 10.1. The summed E-state index contributed by atoms with van der Waals surface area (Å²) in [5.41, 5.74) is 6.60. The van der Waals surface area contributed by atoms with E-state index in [2.05, 4.69) is 15.9 Å². The van der Waals surface area contributed by atoms with Crippen molar-refractivity contribution >= 4 is 15.9 Å². The molecule has 0 spiro atoms. The van der Waals surface area contributed by atoms with Crippen LogP contribution < -0.4 is 10.5 Å². The van der Waals surface area contributed by atoms with Gasteiger partial charge in [0.1, 0.15) is 17.3 Å². The van der Waals surface area contributed by atoms with E-state index < -0.39 is 0 Å². The van der Waals surface area contributed by atoms with Crippen molar-refractivity contribution in [1.29, 1.82) is 0 Å². The van der Waals surface area contributed by atoms with Crippen molar-refractivity contribution in [2.75, 3.05) is 6.54 Å². The fourth-order valence-corrected chi connectivity index (χ4v) is 1.99. The molecule has 18 heavy (non-hydrogen) atoms. The number of halogens is 2. The second-order valence-corrected chi connectivity index (χ2v) is 4.68. The van der Waals surface area contributed by atoms with E-state index in [0.717, 1.165) is 17.7 Å². The molecule has 0 aliphatic carbocycles. The first-order chi connectivity index (χ1) is 8.70. The van der Waals surface area contributed by atoms with Gasteiger partial charge in [-0.3, -0.25) is 0 Å². The SMILES string of the molecule is NCCc1ccccc1Oc1ccc(F)c(Br)c1. The molecule has 0 atom stereocenters. The lowest BCUT2D eigenvalue weighted by Crippen LogP contribution is -2.03. The molecule has 0 aliphatic rings. The van der Waals surface area contributed by atoms with Crippen molar-refractivity contribution in [3.05, 3.63) is 58.3 Å². The predicted molar refractivity (Wildman–Crippen MR) is 73.4 cm³/mol. The Kier molecular flexibility index (Phi) is 4.33. The van der Waals surface area contributed by atoms with Crippen molar-refractivity contribution in [2.45, 2.75) is 6.42 Å². The van der Waals surface area contributed by atoms with Crippen LogP contribution in [0.5, 0.6) is 11.5 Å². The van der Waals surface area contributed by atoms with E-state index in [4.69, 9.17) is 10.5 Å². The Morgan fingerprint density at radius 3 is 2.67 bits per heavy atom. The summed E-state index contributed by atoms with van der Waals surface area (Å²) >= 11 is 3.13. The van der Waals surface area contributed by atoms with E-state index in [1.807, 2.05) is 24.3 Å². The van der Waals surface area contributed by atoms with Gasteiger partial charge < -0.3 is 10.5 Å². The quantitative estimate of drug-likeness (QED) is 0.930. The zero-order valence-electron chi connectivity index (χ0n) is 9.70. The lowest BCUT2D eigenvalue weighted by Gasteiger charge is -2.10. The van der Waals surface area contributed by atoms with Crippen LogP contribution in [-0.2, 0) is 6.42 Å². The largest absolute Gasteiger partial charge is 0.457 e. The second kappa shape index (κ2) is 5.98. The minimum absolute atomic E-state index is 0.308. The summed E-state index contributed by atoms with van der Waals surface area (Å²) in [6.07, 6.45) is 0.749. The summed E-state index contributed by atoms with van der Waals surface area (Å²) in [6, 6.07) is 12.3. The first-order valence-electron chi connectivity index (χ1n) is 5.61. The highest BCUT2D eigenvalue weighted by atomic mass is 79.9. The van der Waals surface area contributed by atoms with E-state index in [9.17, 15) is 4.39 Å². The molecule has 0 heterocycles. The van der Waals surface area contributed by atoms with E-state index >= 15 is 0 Å². The minimum Gasteiger partial charge on any atom is -0.457 e. The Labute approximate surface area is 114 Å². The number of hydrogen-bond donors (Lipinski definition) is 1. The number of benzene rings is 2. The molecule has 0 amide bonds. The summed E-state index contributed by atoms with van der Waals surface area (Å²) in [5.74, 6) is 1.03. The van der Waals surface area contributed by atoms with Gasteiger partial charge in [0.15, 0.2) is 0 Å². The zero-order chi connectivity index (χ0) is 13.0. The maximum atomic E-state index is 13.1. The summed E-state index contributed by atoms with van der Waals surface area (Å²) < 4.78 is 19.2. The number of hydrogen-bond acceptors (Lipinski definition) is 2. The van der Waals surface area contributed by atoms with Crippen LogP contribution >= 0.6 is 15.9 Å². The molecular formula is C14H13BrFNO. The molecule has 0 saturated carbocycles. The molecule has 4 heteroatoms. The molecule has 0 saturated heterocycles. The third-order valence-corrected chi connectivity index (χ3v) is 3.11. The monoisotopic (exact) mass is 309 g/mol. The second-order valence-electron chi connectivity index (χ2n) is 3.82. The first kappa shape index (κ1) is 13.1. The fourth-order valence-electron chi connectivity index (χ4n) is 1.63. The number of rotatable bonds is 4. The van der Waals surface area contributed by atoms with Crippen molar-refractivity contribution in [3.8, 4) is 11.5 Å². The smallest absolute Gasteiger partial charge is 0.137 e. The molecule has 0 unspecified atom stereocenters. The minimum atomic E-state index is -0.308. The molecule has 2 rings (SSSR count). The van der Waals surface area contributed by atoms with E-state index in [1.165, 1.54) is 6.07 Å². The lowest BCUT2D eigenvalue weighted by molar-refractivity contribution is 0.473. The van der Waals surface area contributed by atoms with Crippen molar-refractivity contribution in [2.24, 2.45) is 5.73 Å². The molecule has 0 bridgehead atoms. The third-order valence-electron chi connectivity index (χ3n) is 2.51.